The summed E-state index contributed by atoms with van der Waals surface area (Å²) in [6, 6.07) is 2.97. The van der Waals surface area contributed by atoms with E-state index in [4.69, 9.17) is 5.11 Å². The number of carbonyl (C=O) groups excluding carboxylic acids is 1. The molecule has 92 valence electrons. The molecule has 0 aliphatic carbocycles. The second-order valence-electron chi connectivity index (χ2n) is 2.84. The molecule has 0 atom stereocenters. The van der Waals surface area contributed by atoms with Crippen LogP contribution in [-0.2, 0) is 21.9 Å². The molecule has 8 heteroatoms. The van der Waals surface area contributed by atoms with Gasteiger partial charge in [-0.15, -0.1) is 0 Å². The van der Waals surface area contributed by atoms with Gasteiger partial charge in [0.2, 0.25) is 0 Å². The van der Waals surface area contributed by atoms with Crippen LogP contribution in [0.3, 0.4) is 0 Å². The van der Waals surface area contributed by atoms with Gasteiger partial charge in [-0.25, -0.2) is 4.79 Å². The van der Waals surface area contributed by atoms with Crippen molar-refractivity contribution in [2.24, 2.45) is 0 Å². The molecule has 0 aliphatic heterocycles. The van der Waals surface area contributed by atoms with Gasteiger partial charge in [0.05, 0.1) is 4.92 Å². The quantitative estimate of drug-likeness (QED) is 0.293. The maximum absolute atomic E-state index is 10.8. The fourth-order valence-corrected chi connectivity index (χ4v) is 1.04. The Morgan fingerprint density at radius 2 is 2.00 bits per heavy atom. The molecular formula is C9H7FeNO6. The minimum atomic E-state index is -1.40. The van der Waals surface area contributed by atoms with Crippen LogP contribution in [0.25, 0.3) is 0 Å². The molecule has 0 aromatic heterocycles. The number of hydrogen-bond acceptors (Lipinski definition) is 5. The molecule has 0 amide bonds. The molecule has 7 nitrogen and oxygen atoms in total. The summed E-state index contributed by atoms with van der Waals surface area (Å²) in [5.74, 6) is -2.32. The van der Waals surface area contributed by atoms with Crippen molar-refractivity contribution < 1.29 is 41.4 Å². The molecule has 0 spiro atoms. The molecular weight excluding hydrogens is 274 g/mol. The van der Waals surface area contributed by atoms with Crippen molar-refractivity contribution in [2.45, 2.75) is 6.92 Å². The first-order chi connectivity index (χ1) is 7.41. The molecule has 1 aromatic rings. The van der Waals surface area contributed by atoms with Gasteiger partial charge in [-0.1, -0.05) is 0 Å². The average molecular weight is 281 g/mol. The molecule has 1 aromatic carbocycles. The number of carboxylic acid groups (broad SMARTS) is 1. The summed E-state index contributed by atoms with van der Waals surface area (Å²) >= 11 is 0. The zero-order valence-corrected chi connectivity index (χ0v) is 9.63. The van der Waals surface area contributed by atoms with E-state index in [9.17, 15) is 19.7 Å². The Bertz CT molecular complexity index is 473. The van der Waals surface area contributed by atoms with Gasteiger partial charge in [-0.3, -0.25) is 14.9 Å². The first kappa shape index (κ1) is 15.1. The molecule has 17 heavy (non-hydrogen) atoms. The Kier molecular flexibility index (Phi) is 5.30. The molecule has 0 aliphatic rings. The number of nitrogens with zero attached hydrogens (tertiary/aromatic N) is 1. The first-order valence-electron chi connectivity index (χ1n) is 4.12. The van der Waals surface area contributed by atoms with Gasteiger partial charge in [0, 0.05) is 36.1 Å². The zero-order chi connectivity index (χ0) is 12.3. The minimum absolute atomic E-state index is 0. The van der Waals surface area contributed by atoms with E-state index in [1.54, 1.807) is 0 Å². The zero-order valence-electron chi connectivity index (χ0n) is 8.52. The number of ether oxygens (including phenoxy) is 1. The number of rotatable bonds is 3. The third-order valence-corrected chi connectivity index (χ3v) is 1.66. The van der Waals surface area contributed by atoms with Gasteiger partial charge in [-0.05, 0) is 6.07 Å². The van der Waals surface area contributed by atoms with Crippen molar-refractivity contribution in [1.29, 1.82) is 0 Å². The number of benzene rings is 1. The SMILES string of the molecule is CC(=O)Oc1ccc([N+](=O)[O-])cc1C(=O)O.[Fe]. The second-order valence-corrected chi connectivity index (χ2v) is 2.84. The minimum Gasteiger partial charge on any atom is -0.478 e. The summed E-state index contributed by atoms with van der Waals surface area (Å²) in [5, 5.41) is 19.2. The van der Waals surface area contributed by atoms with Gasteiger partial charge in [0.25, 0.3) is 5.69 Å². The maximum Gasteiger partial charge on any atom is 0.339 e. The van der Waals surface area contributed by atoms with Crippen LogP contribution in [0.2, 0.25) is 0 Å². The first-order valence-corrected chi connectivity index (χ1v) is 4.12. The number of carbonyl (C=O) groups is 2. The molecule has 1 N–H and O–H groups in total. The second kappa shape index (κ2) is 5.97. The van der Waals surface area contributed by atoms with Crippen LogP contribution < -0.4 is 4.74 Å². The standard InChI is InChI=1S/C9H7NO6.Fe/c1-5(11)16-8-3-2-6(10(14)15)4-7(8)9(12)13;/h2-4H,1H3,(H,12,13);. The van der Waals surface area contributed by atoms with E-state index in [0.29, 0.717) is 0 Å². The van der Waals surface area contributed by atoms with Crippen molar-refractivity contribution in [3.05, 3.63) is 33.9 Å². The Hall–Kier alpha value is -1.92. The van der Waals surface area contributed by atoms with Gasteiger partial charge in [0.1, 0.15) is 11.3 Å². The fourth-order valence-electron chi connectivity index (χ4n) is 1.04. The largest absolute Gasteiger partial charge is 0.478 e. The normalized spacial score (nSPS) is 9.00. The monoisotopic (exact) mass is 281 g/mol. The van der Waals surface area contributed by atoms with E-state index in [0.717, 1.165) is 25.1 Å². The molecule has 0 fully saturated rings. The number of nitro groups is 1. The van der Waals surface area contributed by atoms with Gasteiger partial charge >= 0.3 is 11.9 Å². The van der Waals surface area contributed by atoms with Crippen LogP contribution in [0.15, 0.2) is 18.2 Å². The van der Waals surface area contributed by atoms with E-state index < -0.39 is 22.4 Å². The molecule has 0 saturated heterocycles. The Morgan fingerprint density at radius 1 is 1.41 bits per heavy atom. The molecule has 0 bridgehead atoms. The van der Waals surface area contributed by atoms with Crippen LogP contribution in [0.1, 0.15) is 17.3 Å². The van der Waals surface area contributed by atoms with Crippen molar-refractivity contribution in [1.82, 2.24) is 0 Å². The van der Waals surface area contributed by atoms with E-state index >= 15 is 0 Å². The van der Waals surface area contributed by atoms with Crippen LogP contribution in [0.4, 0.5) is 5.69 Å². The summed E-state index contributed by atoms with van der Waals surface area (Å²) < 4.78 is 4.60. The maximum atomic E-state index is 10.8. The van der Waals surface area contributed by atoms with Crippen molar-refractivity contribution in [3.63, 3.8) is 0 Å². The van der Waals surface area contributed by atoms with Crippen molar-refractivity contribution in [3.8, 4) is 5.75 Å². The Labute approximate surface area is 106 Å². The molecule has 0 heterocycles. The number of carboxylic acids is 1. The van der Waals surface area contributed by atoms with Crippen molar-refractivity contribution >= 4 is 17.6 Å². The van der Waals surface area contributed by atoms with Crippen LogP contribution in [0, 0.1) is 10.1 Å². The van der Waals surface area contributed by atoms with Crippen LogP contribution >= 0.6 is 0 Å². The molecule has 0 saturated carbocycles. The van der Waals surface area contributed by atoms with E-state index in [-0.39, 0.29) is 28.5 Å². The third-order valence-electron chi connectivity index (χ3n) is 1.66. The Morgan fingerprint density at radius 3 is 2.41 bits per heavy atom. The smallest absolute Gasteiger partial charge is 0.339 e. The van der Waals surface area contributed by atoms with E-state index in [2.05, 4.69) is 4.74 Å². The summed E-state index contributed by atoms with van der Waals surface area (Å²) in [4.78, 5) is 31.1. The number of non-ortho nitro benzene ring substituents is 1. The van der Waals surface area contributed by atoms with Gasteiger partial charge < -0.3 is 9.84 Å². The number of aromatic carboxylic acids is 1. The fraction of sp³-hybridized carbons (Fsp3) is 0.111. The molecule has 0 unspecified atom stereocenters. The van der Waals surface area contributed by atoms with E-state index in [1.165, 1.54) is 0 Å². The number of hydrogen-bond donors (Lipinski definition) is 1. The van der Waals surface area contributed by atoms with Gasteiger partial charge in [-0.2, -0.15) is 0 Å². The average Bonchev–Trinajstić information content (AvgIpc) is 2.16. The Balaban J connectivity index is 0.00000256. The van der Waals surface area contributed by atoms with Crippen molar-refractivity contribution in [2.75, 3.05) is 0 Å². The van der Waals surface area contributed by atoms with Gasteiger partial charge in [0.15, 0.2) is 0 Å². The summed E-state index contributed by atoms with van der Waals surface area (Å²) in [5.41, 5.74) is -0.808. The van der Waals surface area contributed by atoms with Crippen LogP contribution in [-0.4, -0.2) is 22.0 Å². The third kappa shape index (κ3) is 3.86. The van der Waals surface area contributed by atoms with Crippen LogP contribution in [0.5, 0.6) is 5.75 Å². The summed E-state index contributed by atoms with van der Waals surface area (Å²) in [6.07, 6.45) is 0. The molecule has 0 radical (unpaired) electrons. The number of esters is 1. The van der Waals surface area contributed by atoms with E-state index in [1.807, 2.05) is 0 Å². The topological polar surface area (TPSA) is 107 Å². The number of nitro benzene ring substituents is 1. The summed E-state index contributed by atoms with van der Waals surface area (Å²) in [7, 11) is 0. The molecule has 1 rings (SSSR count). The predicted octanol–water partition coefficient (Wildman–Crippen LogP) is 1.22. The summed E-state index contributed by atoms with van der Waals surface area (Å²) in [6.45, 7) is 1.10. The predicted molar refractivity (Wildman–Crippen MR) is 51.4 cm³/mol.